The molecule has 0 radical (unpaired) electrons. The quantitative estimate of drug-likeness (QED) is 0.781. The summed E-state index contributed by atoms with van der Waals surface area (Å²) in [5.74, 6) is 1.14. The van der Waals surface area contributed by atoms with Crippen molar-refractivity contribution in [2.24, 2.45) is 0 Å². The molecule has 6 heteroatoms. The van der Waals surface area contributed by atoms with Crippen molar-refractivity contribution >= 4 is 11.5 Å². The largest absolute Gasteiger partial charge is 0.363 e. The maximum absolute atomic E-state index is 13.5. The number of aryl methyl sites for hydroxylation is 1. The van der Waals surface area contributed by atoms with Crippen LogP contribution < -0.4 is 5.32 Å². The molecule has 0 amide bonds. The van der Waals surface area contributed by atoms with E-state index in [1.807, 2.05) is 11.3 Å². The van der Waals surface area contributed by atoms with Gasteiger partial charge in [0.2, 0.25) is 5.65 Å². The van der Waals surface area contributed by atoms with Crippen molar-refractivity contribution < 1.29 is 4.39 Å². The lowest BCUT2D eigenvalue weighted by molar-refractivity contribution is 0.613. The Kier molecular flexibility index (Phi) is 2.83. The van der Waals surface area contributed by atoms with E-state index in [1.165, 1.54) is 6.07 Å². The van der Waals surface area contributed by atoms with Crippen LogP contribution in [0.1, 0.15) is 11.4 Å². The minimum absolute atomic E-state index is 0.236. The maximum Gasteiger partial charge on any atom is 0.203 e. The summed E-state index contributed by atoms with van der Waals surface area (Å²) in [5.41, 5.74) is 1.22. The fourth-order valence-electron chi connectivity index (χ4n) is 1.89. The minimum atomic E-state index is -0.236. The fourth-order valence-corrected chi connectivity index (χ4v) is 1.89. The summed E-state index contributed by atoms with van der Waals surface area (Å²) in [6.45, 7) is 2.21. The summed E-state index contributed by atoms with van der Waals surface area (Å²) < 4.78 is 15.3. The molecule has 0 bridgehead atoms. The predicted octanol–water partition coefficient (Wildman–Crippen LogP) is 2.18. The SMILES string of the molecule is Cc1nnc2c(NCc3ccccc3F)nccn12. The van der Waals surface area contributed by atoms with E-state index in [-0.39, 0.29) is 5.82 Å². The van der Waals surface area contributed by atoms with Gasteiger partial charge in [-0.3, -0.25) is 4.40 Å². The molecule has 0 aliphatic rings. The van der Waals surface area contributed by atoms with Crippen LogP contribution in [-0.2, 0) is 6.54 Å². The van der Waals surface area contributed by atoms with E-state index in [4.69, 9.17) is 0 Å². The Morgan fingerprint density at radius 1 is 1.26 bits per heavy atom. The van der Waals surface area contributed by atoms with Crippen molar-refractivity contribution in [1.82, 2.24) is 19.6 Å². The molecule has 19 heavy (non-hydrogen) atoms. The van der Waals surface area contributed by atoms with Crippen LogP contribution in [0.3, 0.4) is 0 Å². The molecule has 1 aromatic carbocycles. The Morgan fingerprint density at radius 2 is 2.11 bits per heavy atom. The molecule has 0 saturated heterocycles. The number of nitrogens with zero attached hydrogens (tertiary/aromatic N) is 4. The second kappa shape index (κ2) is 4.64. The number of hydrogen-bond donors (Lipinski definition) is 1. The average molecular weight is 257 g/mol. The third-order valence-electron chi connectivity index (χ3n) is 2.90. The van der Waals surface area contributed by atoms with Crippen LogP contribution in [0.5, 0.6) is 0 Å². The van der Waals surface area contributed by atoms with Crippen LogP contribution in [0, 0.1) is 12.7 Å². The minimum Gasteiger partial charge on any atom is -0.363 e. The van der Waals surface area contributed by atoms with Crippen molar-refractivity contribution in [1.29, 1.82) is 0 Å². The summed E-state index contributed by atoms with van der Waals surface area (Å²) in [7, 11) is 0. The highest BCUT2D eigenvalue weighted by Gasteiger charge is 2.08. The van der Waals surface area contributed by atoms with Crippen LogP contribution in [0.2, 0.25) is 0 Å². The van der Waals surface area contributed by atoms with Gasteiger partial charge in [0.15, 0.2) is 5.82 Å². The van der Waals surface area contributed by atoms with Gasteiger partial charge in [-0.2, -0.15) is 0 Å². The number of rotatable bonds is 3. The first-order valence-electron chi connectivity index (χ1n) is 5.89. The van der Waals surface area contributed by atoms with E-state index < -0.39 is 0 Å². The number of hydrogen-bond acceptors (Lipinski definition) is 4. The lowest BCUT2D eigenvalue weighted by atomic mass is 10.2. The molecular formula is C13H12FN5. The van der Waals surface area contributed by atoms with Gasteiger partial charge in [-0.05, 0) is 13.0 Å². The molecule has 3 rings (SSSR count). The Morgan fingerprint density at radius 3 is 2.95 bits per heavy atom. The molecule has 2 heterocycles. The molecule has 0 saturated carbocycles. The topological polar surface area (TPSA) is 55.1 Å². The first kappa shape index (κ1) is 11.6. The molecule has 96 valence electrons. The van der Waals surface area contributed by atoms with E-state index in [9.17, 15) is 4.39 Å². The van der Waals surface area contributed by atoms with E-state index in [0.29, 0.717) is 23.6 Å². The molecule has 3 aromatic rings. The zero-order valence-corrected chi connectivity index (χ0v) is 10.3. The van der Waals surface area contributed by atoms with E-state index in [2.05, 4.69) is 20.5 Å². The summed E-state index contributed by atoms with van der Waals surface area (Å²) >= 11 is 0. The summed E-state index contributed by atoms with van der Waals surface area (Å²) in [4.78, 5) is 4.21. The Labute approximate surface area is 109 Å². The molecule has 0 spiro atoms. The first-order valence-corrected chi connectivity index (χ1v) is 5.89. The van der Waals surface area contributed by atoms with Gasteiger partial charge in [0.1, 0.15) is 11.6 Å². The normalized spacial score (nSPS) is 10.8. The third kappa shape index (κ3) is 2.12. The highest BCUT2D eigenvalue weighted by Crippen LogP contribution is 2.14. The number of anilines is 1. The van der Waals surface area contributed by atoms with Gasteiger partial charge in [0.05, 0.1) is 0 Å². The van der Waals surface area contributed by atoms with Gasteiger partial charge in [-0.15, -0.1) is 10.2 Å². The molecule has 0 aliphatic heterocycles. The molecule has 1 N–H and O–H groups in total. The van der Waals surface area contributed by atoms with Crippen molar-refractivity contribution in [3.8, 4) is 0 Å². The summed E-state index contributed by atoms with van der Waals surface area (Å²) in [6.07, 6.45) is 3.45. The van der Waals surface area contributed by atoms with Crippen LogP contribution in [0.25, 0.3) is 5.65 Å². The van der Waals surface area contributed by atoms with Crippen LogP contribution in [-0.4, -0.2) is 19.6 Å². The zero-order valence-electron chi connectivity index (χ0n) is 10.3. The van der Waals surface area contributed by atoms with E-state index in [0.717, 1.165) is 5.82 Å². The number of fused-ring (bicyclic) bond motifs is 1. The molecule has 5 nitrogen and oxygen atoms in total. The van der Waals surface area contributed by atoms with E-state index >= 15 is 0 Å². The van der Waals surface area contributed by atoms with Crippen molar-refractivity contribution in [2.45, 2.75) is 13.5 Å². The lowest BCUT2D eigenvalue weighted by Crippen LogP contribution is -2.05. The number of halogens is 1. The summed E-state index contributed by atoms with van der Waals surface area (Å²) in [6, 6.07) is 6.64. The van der Waals surface area contributed by atoms with Crippen LogP contribution in [0.15, 0.2) is 36.7 Å². The second-order valence-electron chi connectivity index (χ2n) is 4.16. The second-order valence-corrected chi connectivity index (χ2v) is 4.16. The molecule has 0 fully saturated rings. The molecule has 0 aliphatic carbocycles. The summed E-state index contributed by atoms with van der Waals surface area (Å²) in [5, 5.41) is 11.1. The van der Waals surface area contributed by atoms with Crippen molar-refractivity contribution in [3.63, 3.8) is 0 Å². The van der Waals surface area contributed by atoms with E-state index in [1.54, 1.807) is 30.6 Å². The highest BCUT2D eigenvalue weighted by molar-refractivity contribution is 5.62. The Hall–Kier alpha value is -2.50. The Balaban J connectivity index is 1.88. The number of nitrogens with one attached hydrogen (secondary N) is 1. The maximum atomic E-state index is 13.5. The standard InChI is InChI=1S/C13H12FN5/c1-9-17-18-13-12(15-6-7-19(9)13)16-8-10-4-2-3-5-11(10)14/h2-7H,8H2,1H3,(H,15,16). The molecule has 0 unspecified atom stereocenters. The fraction of sp³-hybridized carbons (Fsp3) is 0.154. The van der Waals surface area contributed by atoms with Gasteiger partial charge >= 0.3 is 0 Å². The van der Waals surface area contributed by atoms with Gasteiger partial charge < -0.3 is 5.32 Å². The van der Waals surface area contributed by atoms with Crippen LogP contribution in [0.4, 0.5) is 10.2 Å². The van der Waals surface area contributed by atoms with Gasteiger partial charge in [-0.25, -0.2) is 9.37 Å². The van der Waals surface area contributed by atoms with Gasteiger partial charge in [0, 0.05) is 24.5 Å². The van der Waals surface area contributed by atoms with Crippen molar-refractivity contribution in [3.05, 3.63) is 53.9 Å². The van der Waals surface area contributed by atoms with Gasteiger partial charge in [-0.1, -0.05) is 18.2 Å². The highest BCUT2D eigenvalue weighted by atomic mass is 19.1. The number of benzene rings is 1. The lowest BCUT2D eigenvalue weighted by Gasteiger charge is -2.07. The van der Waals surface area contributed by atoms with Crippen LogP contribution >= 0.6 is 0 Å². The number of aromatic nitrogens is 4. The zero-order chi connectivity index (χ0) is 13.2. The monoisotopic (exact) mass is 257 g/mol. The first-order chi connectivity index (χ1) is 9.25. The smallest absolute Gasteiger partial charge is 0.203 e. The molecule has 0 atom stereocenters. The average Bonchev–Trinajstić information content (AvgIpc) is 2.81. The third-order valence-corrected chi connectivity index (χ3v) is 2.90. The molecule has 2 aromatic heterocycles. The Bertz CT molecular complexity index is 722. The molecular weight excluding hydrogens is 245 g/mol. The van der Waals surface area contributed by atoms with Crippen molar-refractivity contribution in [2.75, 3.05) is 5.32 Å². The predicted molar refractivity (Wildman–Crippen MR) is 69.2 cm³/mol. The van der Waals surface area contributed by atoms with Gasteiger partial charge in [0.25, 0.3) is 0 Å².